The molecule has 0 spiro atoms. The zero-order valence-electron chi connectivity index (χ0n) is 25.3. The van der Waals surface area contributed by atoms with Gasteiger partial charge in [0.05, 0.1) is 47.2 Å². The van der Waals surface area contributed by atoms with Gasteiger partial charge in [-0.3, -0.25) is 9.78 Å². The summed E-state index contributed by atoms with van der Waals surface area (Å²) >= 11 is 0. The Bertz CT molecular complexity index is 1570. The van der Waals surface area contributed by atoms with Crippen molar-refractivity contribution in [2.45, 2.75) is 68.3 Å². The number of carbonyl (C=O) groups excluding carboxylic acids is 1. The molecular weight excluding hydrogens is 633 g/mol. The van der Waals surface area contributed by atoms with Crippen molar-refractivity contribution in [3.63, 3.8) is 0 Å². The van der Waals surface area contributed by atoms with Crippen LogP contribution in [0.1, 0.15) is 72.2 Å². The van der Waals surface area contributed by atoms with Gasteiger partial charge in [-0.2, -0.15) is 22.0 Å². The molecule has 0 radical (unpaired) electrons. The van der Waals surface area contributed by atoms with Gasteiger partial charge in [0.1, 0.15) is 0 Å². The first kappa shape index (κ1) is 35.2. The summed E-state index contributed by atoms with van der Waals surface area (Å²) in [5.41, 5.74) is 1.03. The average molecular weight is 670 g/mol. The van der Waals surface area contributed by atoms with E-state index in [9.17, 15) is 40.3 Å². The maximum absolute atomic E-state index is 14.0. The van der Waals surface area contributed by atoms with Crippen molar-refractivity contribution in [1.29, 1.82) is 0 Å². The number of pyridine rings is 1. The van der Waals surface area contributed by atoms with Crippen LogP contribution in [0.4, 0.5) is 27.6 Å². The lowest BCUT2D eigenvalue weighted by molar-refractivity contribution is -0.241. The fraction of sp³-hybridized carbons (Fsp3) is 0.438. The molecule has 250 valence electrons. The maximum atomic E-state index is 14.0. The van der Waals surface area contributed by atoms with E-state index in [-0.39, 0.29) is 34.4 Å². The lowest BCUT2D eigenvalue weighted by atomic mass is 9.86. The summed E-state index contributed by atoms with van der Waals surface area (Å²) in [6.45, 7) is 2.37. The molecule has 2 N–H and O–H groups in total. The Morgan fingerprint density at radius 2 is 1.70 bits per heavy atom. The van der Waals surface area contributed by atoms with Crippen LogP contribution >= 0.6 is 0 Å². The van der Waals surface area contributed by atoms with Crippen molar-refractivity contribution in [3.05, 3.63) is 89.2 Å². The zero-order chi connectivity index (χ0) is 33.7. The number of nitrogens with zero attached hydrogens (tertiary/aromatic N) is 2. The fourth-order valence-corrected chi connectivity index (χ4v) is 6.08. The van der Waals surface area contributed by atoms with Gasteiger partial charge in [0.15, 0.2) is 9.84 Å². The predicted molar refractivity (Wildman–Crippen MR) is 161 cm³/mol. The minimum absolute atomic E-state index is 0.0257. The first-order chi connectivity index (χ1) is 21.7. The Kier molecular flexibility index (Phi) is 11.1. The molecule has 1 saturated heterocycles. The number of anilines is 1. The number of halogens is 5. The number of amides is 1. The third-order valence-electron chi connectivity index (χ3n) is 8.12. The molecule has 1 fully saturated rings. The Labute approximate surface area is 264 Å². The van der Waals surface area contributed by atoms with Crippen LogP contribution in [0.15, 0.2) is 71.8 Å². The van der Waals surface area contributed by atoms with E-state index in [0.29, 0.717) is 30.6 Å². The zero-order valence-corrected chi connectivity index (χ0v) is 26.1. The highest BCUT2D eigenvalue weighted by Gasteiger charge is 2.35. The summed E-state index contributed by atoms with van der Waals surface area (Å²) in [4.78, 5) is 19.0. The smallest absolute Gasteiger partial charge is 0.394 e. The third kappa shape index (κ3) is 8.59. The second-order valence-electron chi connectivity index (χ2n) is 11.1. The first-order valence-electron chi connectivity index (χ1n) is 14.8. The number of rotatable bonds is 12. The minimum atomic E-state index is -4.46. The maximum Gasteiger partial charge on any atom is 0.416 e. The van der Waals surface area contributed by atoms with Crippen LogP contribution in [-0.2, 0) is 20.8 Å². The Hall–Kier alpha value is -3.62. The molecular formula is C32H36F5N3O5S. The van der Waals surface area contributed by atoms with Gasteiger partial charge in [-0.05, 0) is 66.9 Å². The van der Waals surface area contributed by atoms with Gasteiger partial charge in [-0.15, -0.1) is 0 Å². The molecule has 1 amide bonds. The summed E-state index contributed by atoms with van der Waals surface area (Å²) in [5, 5.41) is 12.6. The van der Waals surface area contributed by atoms with Crippen LogP contribution in [0.5, 0.6) is 0 Å². The van der Waals surface area contributed by atoms with Crippen LogP contribution in [0.2, 0.25) is 0 Å². The highest BCUT2D eigenvalue weighted by atomic mass is 32.2. The summed E-state index contributed by atoms with van der Waals surface area (Å²) in [7, 11) is -3.47. The molecule has 0 saturated carbocycles. The van der Waals surface area contributed by atoms with Gasteiger partial charge in [-0.1, -0.05) is 26.0 Å². The molecule has 1 aromatic heterocycles. The van der Waals surface area contributed by atoms with Crippen LogP contribution in [0.3, 0.4) is 0 Å². The van der Waals surface area contributed by atoms with Crippen LogP contribution in [0.25, 0.3) is 0 Å². The van der Waals surface area contributed by atoms with E-state index in [4.69, 9.17) is 4.74 Å². The monoisotopic (exact) mass is 669 g/mol. The van der Waals surface area contributed by atoms with Crippen molar-refractivity contribution in [2.75, 3.05) is 30.4 Å². The molecule has 8 nitrogen and oxygen atoms in total. The number of hydrogen-bond donors (Lipinski definition) is 2. The second-order valence-corrected chi connectivity index (χ2v) is 13.4. The molecule has 2 heterocycles. The van der Waals surface area contributed by atoms with E-state index < -0.39 is 58.7 Å². The van der Waals surface area contributed by atoms with Crippen molar-refractivity contribution < 1.29 is 45.0 Å². The van der Waals surface area contributed by atoms with E-state index in [1.807, 2.05) is 4.90 Å². The Morgan fingerprint density at radius 1 is 1.02 bits per heavy atom. The van der Waals surface area contributed by atoms with Crippen LogP contribution in [-0.4, -0.2) is 62.1 Å². The van der Waals surface area contributed by atoms with Gasteiger partial charge in [-0.25, -0.2) is 8.42 Å². The van der Waals surface area contributed by atoms with Gasteiger partial charge >= 0.3 is 12.3 Å². The third-order valence-corrected chi connectivity index (χ3v) is 9.84. The number of alkyl halides is 5. The number of piperidine rings is 1. The average Bonchev–Trinajstić information content (AvgIpc) is 3.06. The SMILES string of the molecule is CCC(F)(F)OC[C@@H]1CCC(c2ccc(C(F)(F)F)cc2)CN1c1ccc(C(=O)N[C@@H](CO)c2ccc(S(=O)(=O)CC)cn2)cc1. The normalized spacial score (nSPS) is 18.3. The molecule has 2 aromatic carbocycles. The molecule has 4 rings (SSSR count). The van der Waals surface area contributed by atoms with Crippen molar-refractivity contribution in [1.82, 2.24) is 10.3 Å². The summed E-state index contributed by atoms with van der Waals surface area (Å²) < 4.78 is 96.3. The van der Waals surface area contributed by atoms with Crippen molar-refractivity contribution in [2.24, 2.45) is 0 Å². The highest BCUT2D eigenvalue weighted by Crippen LogP contribution is 2.36. The molecule has 14 heteroatoms. The lowest BCUT2D eigenvalue weighted by Crippen LogP contribution is -2.46. The van der Waals surface area contributed by atoms with Gasteiger partial charge in [0.25, 0.3) is 5.91 Å². The number of aliphatic hydroxyl groups is 1. The Morgan fingerprint density at radius 3 is 2.24 bits per heavy atom. The minimum Gasteiger partial charge on any atom is -0.394 e. The largest absolute Gasteiger partial charge is 0.416 e. The van der Waals surface area contributed by atoms with Crippen LogP contribution < -0.4 is 10.2 Å². The molecule has 1 aliphatic rings. The van der Waals surface area contributed by atoms with E-state index in [1.165, 1.54) is 56.4 Å². The van der Waals surface area contributed by atoms with Gasteiger partial charge in [0.2, 0.25) is 0 Å². The number of hydrogen-bond acceptors (Lipinski definition) is 7. The topological polar surface area (TPSA) is 109 Å². The van der Waals surface area contributed by atoms with E-state index >= 15 is 0 Å². The quantitative estimate of drug-likeness (QED) is 0.224. The molecule has 3 atom stereocenters. The number of aromatic nitrogens is 1. The standard InChI is InChI=1S/C32H36F5N3O5S/c1-3-31(33,34)45-20-26-14-9-23(21-5-10-24(11-6-21)32(35,36)37)18-40(26)25-12-7-22(8-13-25)30(42)39-29(19-41)28-16-15-27(17-38-28)46(43,44)4-2/h5-8,10-13,15-17,23,26,29,41H,3-4,9,14,18-20H2,1-2H3,(H,39,42)/t23?,26-,29-/m0/s1. The van der Waals surface area contributed by atoms with Crippen LogP contribution in [0, 0.1) is 0 Å². The number of nitrogens with one attached hydrogen (secondary N) is 1. The predicted octanol–water partition coefficient (Wildman–Crippen LogP) is 6.13. The van der Waals surface area contributed by atoms with Crippen molar-refractivity contribution in [3.8, 4) is 0 Å². The summed E-state index contributed by atoms with van der Waals surface area (Å²) in [5.74, 6) is -0.817. The van der Waals surface area contributed by atoms with Gasteiger partial charge < -0.3 is 20.1 Å². The number of benzene rings is 2. The number of ether oxygens (including phenoxy) is 1. The van der Waals surface area contributed by atoms with Crippen molar-refractivity contribution >= 4 is 21.4 Å². The molecule has 1 aliphatic heterocycles. The van der Waals surface area contributed by atoms with E-state index in [2.05, 4.69) is 10.3 Å². The molecule has 3 aromatic rings. The first-order valence-corrected chi connectivity index (χ1v) is 16.5. The fourth-order valence-electron chi connectivity index (χ4n) is 5.26. The molecule has 0 aliphatic carbocycles. The van der Waals surface area contributed by atoms with Gasteiger partial charge in [0, 0.05) is 36.3 Å². The van der Waals surface area contributed by atoms with E-state index in [0.717, 1.165) is 12.1 Å². The Balaban J connectivity index is 1.51. The number of sulfone groups is 1. The lowest BCUT2D eigenvalue weighted by Gasteiger charge is -2.42. The number of aliphatic hydroxyl groups excluding tert-OH is 1. The summed E-state index contributed by atoms with van der Waals surface area (Å²) in [6.07, 6.45) is -6.10. The number of carbonyl (C=O) groups is 1. The molecule has 1 unspecified atom stereocenters. The molecule has 46 heavy (non-hydrogen) atoms. The van der Waals surface area contributed by atoms with E-state index in [1.54, 1.807) is 12.1 Å². The summed E-state index contributed by atoms with van der Waals surface area (Å²) in [6, 6.07) is 12.7. The molecule has 0 bridgehead atoms. The second kappa shape index (κ2) is 14.4. The highest BCUT2D eigenvalue weighted by molar-refractivity contribution is 7.91.